The minimum Gasteiger partial charge on any atom is -0.481 e. The predicted molar refractivity (Wildman–Crippen MR) is 81.1 cm³/mol. The van der Waals surface area contributed by atoms with Gasteiger partial charge in [-0.15, -0.1) is 0 Å². The van der Waals surface area contributed by atoms with E-state index in [0.29, 0.717) is 6.42 Å². The van der Waals surface area contributed by atoms with Gasteiger partial charge in [0.2, 0.25) is 0 Å². The molecule has 0 saturated heterocycles. The average molecular weight is 268 g/mol. The lowest BCUT2D eigenvalue weighted by molar-refractivity contribution is -0.138. The molecule has 2 nitrogen and oxygen atoms in total. The van der Waals surface area contributed by atoms with E-state index in [9.17, 15) is 9.90 Å². The van der Waals surface area contributed by atoms with E-state index in [1.165, 1.54) is 5.56 Å². The maximum atomic E-state index is 11.5. The summed E-state index contributed by atoms with van der Waals surface area (Å²) < 4.78 is 0. The minimum atomic E-state index is -0.768. The lowest BCUT2D eigenvalue weighted by Crippen LogP contribution is -2.14. The highest BCUT2D eigenvalue weighted by molar-refractivity contribution is 5.76. The summed E-state index contributed by atoms with van der Waals surface area (Å²) in [5.74, 6) is -1.25. The maximum Gasteiger partial charge on any atom is 0.311 e. The van der Waals surface area contributed by atoms with Crippen LogP contribution in [-0.4, -0.2) is 11.1 Å². The summed E-state index contributed by atoms with van der Waals surface area (Å²) in [5.41, 5.74) is 4.33. The molecule has 1 atom stereocenters. The van der Waals surface area contributed by atoms with Crippen molar-refractivity contribution in [3.05, 3.63) is 70.8 Å². The smallest absolute Gasteiger partial charge is 0.311 e. The Kier molecular flexibility index (Phi) is 4.57. The van der Waals surface area contributed by atoms with Crippen molar-refractivity contribution in [1.29, 1.82) is 0 Å². The quantitative estimate of drug-likeness (QED) is 0.891. The van der Waals surface area contributed by atoms with E-state index < -0.39 is 11.9 Å². The van der Waals surface area contributed by atoms with E-state index in [4.69, 9.17) is 0 Å². The Morgan fingerprint density at radius 1 is 1.10 bits per heavy atom. The largest absolute Gasteiger partial charge is 0.481 e. The van der Waals surface area contributed by atoms with Gasteiger partial charge in [-0.1, -0.05) is 61.0 Å². The maximum absolute atomic E-state index is 11.5. The number of carboxylic acid groups (broad SMARTS) is 1. The monoisotopic (exact) mass is 268 g/mol. The molecular formula is C18H20O2. The van der Waals surface area contributed by atoms with Crippen molar-refractivity contribution in [2.75, 3.05) is 0 Å². The van der Waals surface area contributed by atoms with Gasteiger partial charge in [0.25, 0.3) is 0 Å². The summed E-state index contributed by atoms with van der Waals surface area (Å²) in [5, 5.41) is 9.48. The highest BCUT2D eigenvalue weighted by Crippen LogP contribution is 2.22. The molecule has 1 unspecified atom stereocenters. The summed E-state index contributed by atoms with van der Waals surface area (Å²) in [7, 11) is 0. The third-order valence-corrected chi connectivity index (χ3v) is 3.61. The molecule has 2 rings (SSSR count). The molecule has 1 N–H and O–H groups in total. The summed E-state index contributed by atoms with van der Waals surface area (Å²) >= 11 is 0. The Labute approximate surface area is 120 Å². The van der Waals surface area contributed by atoms with Gasteiger partial charge in [-0.3, -0.25) is 4.79 Å². The fraction of sp³-hybridized carbons (Fsp3) is 0.278. The van der Waals surface area contributed by atoms with Crippen LogP contribution in [0, 0.1) is 6.92 Å². The van der Waals surface area contributed by atoms with Crippen LogP contribution < -0.4 is 0 Å². The number of aliphatic carboxylic acids is 1. The van der Waals surface area contributed by atoms with Crippen LogP contribution in [0.3, 0.4) is 0 Å². The molecule has 2 aromatic rings. The molecule has 104 valence electrons. The van der Waals surface area contributed by atoms with Crippen LogP contribution in [0.5, 0.6) is 0 Å². The van der Waals surface area contributed by atoms with Gasteiger partial charge in [-0.2, -0.15) is 0 Å². The standard InChI is InChI=1S/C18H20O2/c1-3-14-7-9-16(10-8-14)17(18(19)20)12-15-6-4-5-13(2)11-15/h4-11,17H,3,12H2,1-2H3,(H,19,20). The second-order valence-electron chi connectivity index (χ2n) is 5.18. The fourth-order valence-electron chi connectivity index (χ4n) is 2.41. The fourth-order valence-corrected chi connectivity index (χ4v) is 2.41. The molecule has 0 aliphatic carbocycles. The van der Waals surface area contributed by atoms with Crippen molar-refractivity contribution >= 4 is 5.97 Å². The van der Waals surface area contributed by atoms with Gasteiger partial charge < -0.3 is 5.11 Å². The van der Waals surface area contributed by atoms with Crippen molar-refractivity contribution in [3.63, 3.8) is 0 Å². The molecular weight excluding hydrogens is 248 g/mol. The van der Waals surface area contributed by atoms with Crippen LogP contribution >= 0.6 is 0 Å². The van der Waals surface area contributed by atoms with Crippen molar-refractivity contribution in [3.8, 4) is 0 Å². The van der Waals surface area contributed by atoms with Gasteiger partial charge in [0.05, 0.1) is 5.92 Å². The minimum absolute atomic E-state index is 0.484. The van der Waals surface area contributed by atoms with Crippen molar-refractivity contribution in [2.24, 2.45) is 0 Å². The predicted octanol–water partition coefficient (Wildman–Crippen LogP) is 3.97. The molecule has 0 saturated carbocycles. The molecule has 0 aromatic heterocycles. The van der Waals surface area contributed by atoms with Crippen LogP contribution in [0.2, 0.25) is 0 Å². The highest BCUT2D eigenvalue weighted by Gasteiger charge is 2.20. The lowest BCUT2D eigenvalue weighted by atomic mass is 9.91. The van der Waals surface area contributed by atoms with E-state index in [1.54, 1.807) is 0 Å². The Bertz CT molecular complexity index is 585. The SMILES string of the molecule is CCc1ccc(C(Cc2cccc(C)c2)C(=O)O)cc1. The van der Waals surface area contributed by atoms with Crippen LogP contribution in [0.1, 0.15) is 35.1 Å². The highest BCUT2D eigenvalue weighted by atomic mass is 16.4. The van der Waals surface area contributed by atoms with E-state index >= 15 is 0 Å². The van der Waals surface area contributed by atoms with Crippen LogP contribution in [-0.2, 0) is 17.6 Å². The van der Waals surface area contributed by atoms with E-state index in [-0.39, 0.29) is 0 Å². The van der Waals surface area contributed by atoms with E-state index in [0.717, 1.165) is 23.1 Å². The molecule has 0 bridgehead atoms. The van der Waals surface area contributed by atoms with Gasteiger partial charge in [0.1, 0.15) is 0 Å². The van der Waals surface area contributed by atoms with Gasteiger partial charge in [0, 0.05) is 0 Å². The lowest BCUT2D eigenvalue weighted by Gasteiger charge is -2.14. The zero-order valence-electron chi connectivity index (χ0n) is 12.0. The second-order valence-corrected chi connectivity index (χ2v) is 5.18. The van der Waals surface area contributed by atoms with Gasteiger partial charge in [-0.05, 0) is 36.5 Å². The summed E-state index contributed by atoms with van der Waals surface area (Å²) in [4.78, 5) is 11.5. The molecule has 0 aliphatic rings. The molecule has 0 radical (unpaired) electrons. The second kappa shape index (κ2) is 6.38. The third-order valence-electron chi connectivity index (χ3n) is 3.61. The van der Waals surface area contributed by atoms with Crippen LogP contribution in [0.25, 0.3) is 0 Å². The number of benzene rings is 2. The van der Waals surface area contributed by atoms with Gasteiger partial charge in [-0.25, -0.2) is 0 Å². The average Bonchev–Trinajstić information content (AvgIpc) is 2.45. The van der Waals surface area contributed by atoms with Gasteiger partial charge >= 0.3 is 5.97 Å². The molecule has 0 aliphatic heterocycles. The Morgan fingerprint density at radius 3 is 2.35 bits per heavy atom. The molecule has 20 heavy (non-hydrogen) atoms. The number of carbonyl (C=O) groups is 1. The van der Waals surface area contributed by atoms with E-state index in [1.807, 2.05) is 49.4 Å². The Hall–Kier alpha value is -2.09. The molecule has 0 heterocycles. The molecule has 2 heteroatoms. The zero-order chi connectivity index (χ0) is 14.5. The summed E-state index contributed by atoms with van der Waals surface area (Å²) in [6.07, 6.45) is 1.50. The molecule has 2 aromatic carbocycles. The molecule has 0 fully saturated rings. The van der Waals surface area contributed by atoms with Crippen molar-refractivity contribution < 1.29 is 9.90 Å². The summed E-state index contributed by atoms with van der Waals surface area (Å²) in [6, 6.07) is 15.9. The normalized spacial score (nSPS) is 12.1. The first-order chi connectivity index (χ1) is 9.60. The number of hydrogen-bond donors (Lipinski definition) is 1. The van der Waals surface area contributed by atoms with E-state index in [2.05, 4.69) is 13.0 Å². The van der Waals surface area contributed by atoms with Crippen LogP contribution in [0.4, 0.5) is 0 Å². The molecule has 0 amide bonds. The van der Waals surface area contributed by atoms with Crippen molar-refractivity contribution in [1.82, 2.24) is 0 Å². The Morgan fingerprint density at radius 2 is 1.80 bits per heavy atom. The van der Waals surface area contributed by atoms with Gasteiger partial charge in [0.15, 0.2) is 0 Å². The topological polar surface area (TPSA) is 37.3 Å². The number of rotatable bonds is 5. The number of aryl methyl sites for hydroxylation is 2. The molecule has 0 spiro atoms. The summed E-state index contributed by atoms with van der Waals surface area (Å²) in [6.45, 7) is 4.12. The number of hydrogen-bond acceptors (Lipinski definition) is 1. The first kappa shape index (κ1) is 14.3. The van der Waals surface area contributed by atoms with Crippen molar-refractivity contribution in [2.45, 2.75) is 32.6 Å². The van der Waals surface area contributed by atoms with Crippen LogP contribution in [0.15, 0.2) is 48.5 Å². The number of carboxylic acids is 1. The first-order valence-corrected chi connectivity index (χ1v) is 6.97. The first-order valence-electron chi connectivity index (χ1n) is 6.97. The zero-order valence-corrected chi connectivity index (χ0v) is 12.0. The third kappa shape index (κ3) is 3.47. The Balaban J connectivity index is 2.24.